The molecule has 3 aromatic heterocycles. The van der Waals surface area contributed by atoms with Crippen molar-refractivity contribution in [3.8, 4) is 22.5 Å². The molecule has 0 N–H and O–H groups in total. The molecule has 0 aliphatic heterocycles. The zero-order chi connectivity index (χ0) is 32.1. The van der Waals surface area contributed by atoms with E-state index in [4.69, 9.17) is 4.42 Å². The molecule has 0 aliphatic rings. The average molecular weight is 625 g/mol. The predicted molar refractivity (Wildman–Crippen MR) is 205 cm³/mol. The third-order valence-corrected chi connectivity index (χ3v) is 10.3. The zero-order valence-corrected chi connectivity index (χ0v) is 26.5. The number of nitrogens with zero attached hydrogens (tertiary/aromatic N) is 2. The Morgan fingerprint density at radius 2 is 0.939 bits per heavy atom. The highest BCUT2D eigenvalue weighted by atomic mass is 16.3. The first-order valence-corrected chi connectivity index (χ1v) is 16.8. The molecule has 11 aromatic rings. The number of fused-ring (bicyclic) bond motifs is 11. The van der Waals surface area contributed by atoms with Crippen LogP contribution in [-0.2, 0) is 0 Å². The molecule has 228 valence electrons. The summed E-state index contributed by atoms with van der Waals surface area (Å²) in [5.74, 6) is 0. The summed E-state index contributed by atoms with van der Waals surface area (Å²) in [6.07, 6.45) is 0. The highest BCUT2D eigenvalue weighted by Gasteiger charge is 2.21. The summed E-state index contributed by atoms with van der Waals surface area (Å²) >= 11 is 0. The van der Waals surface area contributed by atoms with Crippen molar-refractivity contribution in [2.75, 3.05) is 0 Å². The van der Waals surface area contributed by atoms with Gasteiger partial charge in [0, 0.05) is 43.7 Å². The fourth-order valence-corrected chi connectivity index (χ4v) is 8.22. The fraction of sp³-hybridized carbons (Fsp3) is 0. The Bertz CT molecular complexity index is 3120. The molecule has 8 aromatic carbocycles. The normalized spacial score (nSPS) is 12.1. The molecule has 49 heavy (non-hydrogen) atoms. The van der Waals surface area contributed by atoms with Crippen LogP contribution in [0.4, 0.5) is 0 Å². The van der Waals surface area contributed by atoms with E-state index in [0.717, 1.165) is 33.2 Å². The Morgan fingerprint density at radius 1 is 0.347 bits per heavy atom. The minimum atomic E-state index is 0.908. The number of benzene rings is 8. The van der Waals surface area contributed by atoms with E-state index >= 15 is 0 Å². The van der Waals surface area contributed by atoms with Crippen molar-refractivity contribution in [3.63, 3.8) is 0 Å². The summed E-state index contributed by atoms with van der Waals surface area (Å²) in [5.41, 5.74) is 11.3. The summed E-state index contributed by atoms with van der Waals surface area (Å²) in [4.78, 5) is 0. The van der Waals surface area contributed by atoms with Crippen LogP contribution in [0.5, 0.6) is 0 Å². The largest absolute Gasteiger partial charge is 0.456 e. The summed E-state index contributed by atoms with van der Waals surface area (Å²) in [5, 5.41) is 9.84. The van der Waals surface area contributed by atoms with Crippen molar-refractivity contribution in [3.05, 3.63) is 170 Å². The second kappa shape index (κ2) is 9.96. The van der Waals surface area contributed by atoms with Gasteiger partial charge in [-0.05, 0) is 82.6 Å². The smallest absolute Gasteiger partial charge is 0.136 e. The molecular weight excluding hydrogens is 597 g/mol. The average Bonchev–Trinajstić information content (AvgIpc) is 3.82. The van der Waals surface area contributed by atoms with Gasteiger partial charge in [-0.25, -0.2) is 0 Å². The first-order valence-electron chi connectivity index (χ1n) is 16.8. The number of hydrogen-bond acceptors (Lipinski definition) is 1. The number of furan rings is 1. The first-order chi connectivity index (χ1) is 24.3. The second-order valence-corrected chi connectivity index (χ2v) is 12.9. The third-order valence-electron chi connectivity index (χ3n) is 10.3. The predicted octanol–water partition coefficient (Wildman–Crippen LogP) is 12.6. The Hall–Kier alpha value is -6.58. The van der Waals surface area contributed by atoms with Gasteiger partial charge < -0.3 is 13.6 Å². The van der Waals surface area contributed by atoms with Crippen molar-refractivity contribution in [2.24, 2.45) is 0 Å². The maximum absolute atomic E-state index is 6.26. The summed E-state index contributed by atoms with van der Waals surface area (Å²) in [6.45, 7) is 0. The van der Waals surface area contributed by atoms with Crippen molar-refractivity contribution < 1.29 is 4.42 Å². The second-order valence-electron chi connectivity index (χ2n) is 12.9. The van der Waals surface area contributed by atoms with Crippen LogP contribution in [0.25, 0.3) is 98.8 Å². The van der Waals surface area contributed by atoms with Gasteiger partial charge in [-0.2, -0.15) is 0 Å². The lowest BCUT2D eigenvalue weighted by Gasteiger charge is -2.12. The van der Waals surface area contributed by atoms with Crippen LogP contribution in [0, 0.1) is 0 Å². The lowest BCUT2D eigenvalue weighted by atomic mass is 9.99. The van der Waals surface area contributed by atoms with E-state index in [9.17, 15) is 0 Å². The van der Waals surface area contributed by atoms with E-state index in [2.05, 4.69) is 167 Å². The molecule has 0 unspecified atom stereocenters. The minimum Gasteiger partial charge on any atom is -0.456 e. The van der Waals surface area contributed by atoms with E-state index in [-0.39, 0.29) is 0 Å². The number of aromatic nitrogens is 2. The Morgan fingerprint density at radius 3 is 1.69 bits per heavy atom. The molecule has 3 heterocycles. The molecule has 0 bridgehead atoms. The molecule has 11 rings (SSSR count). The zero-order valence-electron chi connectivity index (χ0n) is 26.5. The molecule has 0 saturated carbocycles. The number of para-hydroxylation sites is 3. The van der Waals surface area contributed by atoms with Gasteiger partial charge in [-0.1, -0.05) is 109 Å². The van der Waals surface area contributed by atoms with Gasteiger partial charge in [-0.15, -0.1) is 0 Å². The molecule has 0 amide bonds. The Kier molecular flexibility index (Phi) is 5.38. The lowest BCUT2D eigenvalue weighted by molar-refractivity contribution is 0.669. The maximum Gasteiger partial charge on any atom is 0.136 e. The van der Waals surface area contributed by atoms with Crippen molar-refractivity contribution in [2.45, 2.75) is 0 Å². The standard InChI is InChI=1S/C46H28N2O/c1-2-12-30-27-33(24-23-29(30)11-1)48-39-20-7-4-16-36(39)46-41(48)26-25-40-45(46)35-15-3-6-19-38(35)47(40)32-14-9-13-31(28-32)34-18-10-22-43-44(34)37-17-5-8-21-42(37)49-43/h1-28H. The van der Waals surface area contributed by atoms with E-state index in [0.29, 0.717) is 0 Å². The quantitative estimate of drug-likeness (QED) is 0.192. The molecule has 0 saturated heterocycles. The van der Waals surface area contributed by atoms with Crippen molar-refractivity contribution in [1.29, 1.82) is 0 Å². The van der Waals surface area contributed by atoms with Gasteiger partial charge in [0.2, 0.25) is 0 Å². The van der Waals surface area contributed by atoms with E-state index in [1.165, 1.54) is 65.6 Å². The summed E-state index contributed by atoms with van der Waals surface area (Å²) < 4.78 is 11.1. The Balaban J connectivity index is 1.20. The summed E-state index contributed by atoms with van der Waals surface area (Å²) in [6, 6.07) is 61.3. The lowest BCUT2D eigenvalue weighted by Crippen LogP contribution is -1.95. The topological polar surface area (TPSA) is 23.0 Å². The molecule has 0 atom stereocenters. The molecular formula is C46H28N2O. The van der Waals surface area contributed by atoms with Crippen LogP contribution < -0.4 is 0 Å². The number of hydrogen-bond donors (Lipinski definition) is 0. The fourth-order valence-electron chi connectivity index (χ4n) is 8.22. The van der Waals surface area contributed by atoms with Crippen LogP contribution >= 0.6 is 0 Å². The maximum atomic E-state index is 6.26. The summed E-state index contributed by atoms with van der Waals surface area (Å²) in [7, 11) is 0. The molecule has 0 fully saturated rings. The molecule has 0 radical (unpaired) electrons. The third kappa shape index (κ3) is 3.73. The van der Waals surface area contributed by atoms with Crippen molar-refractivity contribution >= 4 is 76.3 Å². The first kappa shape index (κ1) is 26.5. The molecule has 3 nitrogen and oxygen atoms in total. The van der Waals surface area contributed by atoms with Crippen LogP contribution in [0.1, 0.15) is 0 Å². The van der Waals surface area contributed by atoms with Gasteiger partial charge in [0.05, 0.1) is 22.1 Å². The highest BCUT2D eigenvalue weighted by Crippen LogP contribution is 2.43. The molecule has 0 aliphatic carbocycles. The van der Waals surface area contributed by atoms with E-state index in [1.807, 2.05) is 12.1 Å². The van der Waals surface area contributed by atoms with Gasteiger partial charge in [-0.3, -0.25) is 0 Å². The van der Waals surface area contributed by atoms with E-state index in [1.54, 1.807) is 0 Å². The Labute approximate surface area is 281 Å². The highest BCUT2D eigenvalue weighted by molar-refractivity contribution is 6.29. The van der Waals surface area contributed by atoms with Gasteiger partial charge in [0.1, 0.15) is 11.2 Å². The minimum absolute atomic E-state index is 0.908. The van der Waals surface area contributed by atoms with E-state index < -0.39 is 0 Å². The van der Waals surface area contributed by atoms with Crippen LogP contribution in [-0.4, -0.2) is 9.13 Å². The van der Waals surface area contributed by atoms with Crippen LogP contribution in [0.15, 0.2) is 174 Å². The number of rotatable bonds is 3. The molecule has 3 heteroatoms. The van der Waals surface area contributed by atoms with Crippen LogP contribution in [0.2, 0.25) is 0 Å². The van der Waals surface area contributed by atoms with Crippen LogP contribution in [0.3, 0.4) is 0 Å². The SMILES string of the molecule is c1cc(-c2cccc3oc4ccccc4c23)cc(-n2c3ccccc3c3c4c5ccccc5n(-c5ccc6ccccc6c5)c4ccc32)c1. The van der Waals surface area contributed by atoms with Gasteiger partial charge >= 0.3 is 0 Å². The monoisotopic (exact) mass is 624 g/mol. The van der Waals surface area contributed by atoms with Crippen molar-refractivity contribution in [1.82, 2.24) is 9.13 Å². The van der Waals surface area contributed by atoms with Gasteiger partial charge in [0.25, 0.3) is 0 Å². The van der Waals surface area contributed by atoms with Gasteiger partial charge in [0.15, 0.2) is 0 Å². The molecule has 0 spiro atoms.